The fraction of sp³-hybridized carbons (Fsp3) is 0.185. The Balaban J connectivity index is 1.39. The van der Waals surface area contributed by atoms with Gasteiger partial charge in [-0.2, -0.15) is 0 Å². The van der Waals surface area contributed by atoms with E-state index in [2.05, 4.69) is 5.32 Å². The number of carbonyl (C=O) groups excluding carboxylic acids is 1. The Morgan fingerprint density at radius 3 is 2.54 bits per heavy atom. The van der Waals surface area contributed by atoms with E-state index >= 15 is 0 Å². The summed E-state index contributed by atoms with van der Waals surface area (Å²) in [5, 5.41) is 2.98. The SMILES string of the molecule is Cc1c(-c2ccccc2)oc2c(C(=O)NCCS(=O)(=O)N3CCc4ccccc43)cccc2c1=O. The van der Waals surface area contributed by atoms with Crippen LogP contribution >= 0.6 is 0 Å². The Morgan fingerprint density at radius 1 is 1.00 bits per heavy atom. The highest BCUT2D eigenvalue weighted by atomic mass is 32.2. The number of hydrogen-bond donors (Lipinski definition) is 1. The third-order valence-corrected chi connectivity index (χ3v) is 8.02. The van der Waals surface area contributed by atoms with E-state index in [0.717, 1.165) is 11.1 Å². The number of sulfonamides is 1. The second kappa shape index (κ2) is 9.03. The topological polar surface area (TPSA) is 96.7 Å². The second-order valence-corrected chi connectivity index (χ2v) is 10.5. The summed E-state index contributed by atoms with van der Waals surface area (Å²) >= 11 is 0. The molecule has 178 valence electrons. The Kier molecular flexibility index (Phi) is 5.90. The van der Waals surface area contributed by atoms with Crippen LogP contribution in [0.3, 0.4) is 0 Å². The minimum Gasteiger partial charge on any atom is -0.455 e. The van der Waals surface area contributed by atoms with E-state index in [1.165, 1.54) is 4.31 Å². The van der Waals surface area contributed by atoms with Crippen molar-refractivity contribution in [2.24, 2.45) is 0 Å². The normalized spacial score (nSPS) is 13.1. The van der Waals surface area contributed by atoms with Crippen LogP contribution in [-0.4, -0.2) is 33.2 Å². The predicted octanol–water partition coefficient (Wildman–Crippen LogP) is 3.89. The molecule has 0 unspecified atom stereocenters. The summed E-state index contributed by atoms with van der Waals surface area (Å²) in [6.45, 7) is 2.02. The van der Waals surface area contributed by atoms with E-state index in [4.69, 9.17) is 4.42 Å². The van der Waals surface area contributed by atoms with Crippen LogP contribution in [0.25, 0.3) is 22.3 Å². The lowest BCUT2D eigenvalue weighted by Crippen LogP contribution is -2.37. The zero-order chi connectivity index (χ0) is 24.6. The van der Waals surface area contributed by atoms with Crippen LogP contribution in [0.2, 0.25) is 0 Å². The van der Waals surface area contributed by atoms with E-state index in [9.17, 15) is 18.0 Å². The highest BCUT2D eigenvalue weighted by Gasteiger charge is 2.29. The number of hydrogen-bond acceptors (Lipinski definition) is 5. The van der Waals surface area contributed by atoms with Gasteiger partial charge in [-0.05, 0) is 37.1 Å². The van der Waals surface area contributed by atoms with Crippen molar-refractivity contribution in [1.29, 1.82) is 0 Å². The Morgan fingerprint density at radius 2 is 1.74 bits per heavy atom. The van der Waals surface area contributed by atoms with Crippen molar-refractivity contribution in [1.82, 2.24) is 5.32 Å². The summed E-state index contributed by atoms with van der Waals surface area (Å²) in [4.78, 5) is 26.0. The molecule has 1 amide bonds. The fourth-order valence-corrected chi connectivity index (χ4v) is 5.88. The number of nitrogens with one attached hydrogen (secondary N) is 1. The maximum absolute atomic E-state index is 13.0. The van der Waals surface area contributed by atoms with E-state index in [0.29, 0.717) is 35.4 Å². The van der Waals surface area contributed by atoms with Crippen molar-refractivity contribution in [2.75, 3.05) is 23.1 Å². The molecule has 0 atom stereocenters. The zero-order valence-electron chi connectivity index (χ0n) is 19.2. The Hall–Kier alpha value is -3.91. The van der Waals surface area contributed by atoms with E-state index in [1.54, 1.807) is 31.2 Å². The standard InChI is InChI=1S/C27H24N2O5S/c1-18-24(30)21-11-7-12-22(26(21)34-25(18)20-9-3-2-4-10-20)27(31)28-15-17-35(32,33)29-16-14-19-8-5-6-13-23(19)29/h2-13H,14-17H2,1H3,(H,28,31). The predicted molar refractivity (Wildman–Crippen MR) is 136 cm³/mol. The first-order chi connectivity index (χ1) is 16.9. The minimum atomic E-state index is -3.60. The molecule has 0 saturated carbocycles. The molecule has 0 saturated heterocycles. The van der Waals surface area contributed by atoms with Crippen molar-refractivity contribution >= 4 is 32.6 Å². The molecule has 1 N–H and O–H groups in total. The van der Waals surface area contributed by atoms with Crippen LogP contribution in [0.1, 0.15) is 21.5 Å². The number of benzene rings is 3. The summed E-state index contributed by atoms with van der Waals surface area (Å²) in [6.07, 6.45) is 0.667. The van der Waals surface area contributed by atoms with Crippen LogP contribution in [0.5, 0.6) is 0 Å². The molecule has 2 heterocycles. The lowest BCUT2D eigenvalue weighted by molar-refractivity contribution is 0.0956. The Labute approximate surface area is 203 Å². The van der Waals surface area contributed by atoms with Gasteiger partial charge in [0, 0.05) is 24.2 Å². The van der Waals surface area contributed by atoms with E-state index in [-0.39, 0.29) is 28.9 Å². The molecule has 0 aliphatic carbocycles. The monoisotopic (exact) mass is 488 g/mol. The largest absolute Gasteiger partial charge is 0.455 e. The van der Waals surface area contributed by atoms with Gasteiger partial charge < -0.3 is 9.73 Å². The average Bonchev–Trinajstić information content (AvgIpc) is 3.31. The summed E-state index contributed by atoms with van der Waals surface area (Å²) in [7, 11) is -3.60. The van der Waals surface area contributed by atoms with E-state index < -0.39 is 15.9 Å². The average molecular weight is 489 g/mol. The van der Waals surface area contributed by atoms with Crippen molar-refractivity contribution in [3.63, 3.8) is 0 Å². The first kappa shape index (κ1) is 22.9. The lowest BCUT2D eigenvalue weighted by atomic mass is 10.0. The molecule has 1 aromatic heterocycles. The van der Waals surface area contributed by atoms with E-state index in [1.807, 2.05) is 48.5 Å². The first-order valence-electron chi connectivity index (χ1n) is 11.4. The maximum Gasteiger partial charge on any atom is 0.255 e. The summed E-state index contributed by atoms with van der Waals surface area (Å²) in [5.74, 6) is -0.340. The van der Waals surface area contributed by atoms with Gasteiger partial charge in [0.25, 0.3) is 5.91 Å². The number of carbonyl (C=O) groups is 1. The van der Waals surface area contributed by atoms with Gasteiger partial charge in [-0.1, -0.05) is 54.6 Å². The zero-order valence-corrected chi connectivity index (χ0v) is 20.0. The molecule has 7 nitrogen and oxygen atoms in total. The van der Waals surface area contributed by atoms with Crippen LogP contribution in [0.4, 0.5) is 5.69 Å². The molecule has 0 fully saturated rings. The molecule has 0 spiro atoms. The summed E-state index contributed by atoms with van der Waals surface area (Å²) < 4.78 is 33.3. The number of amides is 1. The van der Waals surface area contributed by atoms with Crippen LogP contribution in [0, 0.1) is 6.92 Å². The molecule has 5 rings (SSSR count). The first-order valence-corrected chi connectivity index (χ1v) is 13.0. The number of rotatable bonds is 6. The third kappa shape index (κ3) is 4.21. The van der Waals surface area contributed by atoms with Crippen LogP contribution in [-0.2, 0) is 16.4 Å². The van der Waals surface area contributed by atoms with Crippen molar-refractivity contribution in [3.8, 4) is 11.3 Å². The molecule has 0 bridgehead atoms. The smallest absolute Gasteiger partial charge is 0.255 e. The molecule has 0 radical (unpaired) electrons. The van der Waals surface area contributed by atoms with Gasteiger partial charge in [0.1, 0.15) is 5.76 Å². The molecule has 35 heavy (non-hydrogen) atoms. The molecule has 1 aliphatic heterocycles. The molecule has 8 heteroatoms. The highest BCUT2D eigenvalue weighted by molar-refractivity contribution is 7.92. The summed E-state index contributed by atoms with van der Waals surface area (Å²) in [5.41, 5.74) is 3.02. The fourth-order valence-electron chi connectivity index (χ4n) is 4.45. The summed E-state index contributed by atoms with van der Waals surface area (Å²) in [6, 6.07) is 21.5. The van der Waals surface area contributed by atoms with Crippen molar-refractivity contribution in [3.05, 3.63) is 99.7 Å². The lowest BCUT2D eigenvalue weighted by Gasteiger charge is -2.19. The molecule has 1 aliphatic rings. The third-order valence-electron chi connectivity index (χ3n) is 6.25. The van der Waals surface area contributed by atoms with Gasteiger partial charge in [-0.3, -0.25) is 13.9 Å². The molecule has 4 aromatic rings. The van der Waals surface area contributed by atoms with Crippen LogP contribution in [0.15, 0.2) is 82.0 Å². The van der Waals surface area contributed by atoms with Crippen LogP contribution < -0.4 is 15.1 Å². The van der Waals surface area contributed by atoms with Gasteiger partial charge in [-0.15, -0.1) is 0 Å². The minimum absolute atomic E-state index is 0.0716. The highest BCUT2D eigenvalue weighted by Crippen LogP contribution is 2.30. The quantitative estimate of drug-likeness (QED) is 0.444. The number of anilines is 1. The number of nitrogens with zero attached hydrogens (tertiary/aromatic N) is 1. The van der Waals surface area contributed by atoms with Crippen molar-refractivity contribution in [2.45, 2.75) is 13.3 Å². The number of para-hydroxylation sites is 2. The second-order valence-electron chi connectivity index (χ2n) is 8.46. The maximum atomic E-state index is 13.0. The Bertz CT molecular complexity index is 1590. The van der Waals surface area contributed by atoms with Gasteiger partial charge >= 0.3 is 0 Å². The molecular weight excluding hydrogens is 464 g/mol. The number of fused-ring (bicyclic) bond motifs is 2. The van der Waals surface area contributed by atoms with Crippen molar-refractivity contribution < 1.29 is 17.6 Å². The van der Waals surface area contributed by atoms with Gasteiger partial charge in [0.15, 0.2) is 11.0 Å². The molecule has 3 aromatic carbocycles. The van der Waals surface area contributed by atoms with Gasteiger partial charge in [0.2, 0.25) is 10.0 Å². The van der Waals surface area contributed by atoms with Gasteiger partial charge in [-0.25, -0.2) is 8.42 Å². The molecular formula is C27H24N2O5S. The van der Waals surface area contributed by atoms with Gasteiger partial charge in [0.05, 0.1) is 22.4 Å².